The Hall–Kier alpha value is -2.05. The summed E-state index contributed by atoms with van der Waals surface area (Å²) in [5.74, 6) is -0.0362. The maximum absolute atomic E-state index is 12.4. The van der Waals surface area contributed by atoms with Gasteiger partial charge in [0.25, 0.3) is 0 Å². The van der Waals surface area contributed by atoms with E-state index < -0.39 is 10.0 Å². The van der Waals surface area contributed by atoms with Gasteiger partial charge in [-0.1, -0.05) is 29.8 Å². The van der Waals surface area contributed by atoms with Gasteiger partial charge in [-0.15, -0.1) is 0 Å². The first-order valence-electron chi connectivity index (χ1n) is 8.77. The Kier molecular flexibility index (Phi) is 5.25. The Bertz CT molecular complexity index is 844. The van der Waals surface area contributed by atoms with Crippen LogP contribution in [0.2, 0.25) is 0 Å². The van der Waals surface area contributed by atoms with Gasteiger partial charge in [0.2, 0.25) is 10.0 Å². The molecule has 26 heavy (non-hydrogen) atoms. The van der Waals surface area contributed by atoms with Crippen molar-refractivity contribution < 1.29 is 13.2 Å². The standard InChI is InChI=1S/C20H26N2O3S/c1-16-4-6-17(7-5-16)14-26(23,24)21-18-8-10-19(11-9-18)22-12-13-25-15-20(22,2)3/h4-11,21H,12-15H2,1-3H3. The average molecular weight is 375 g/mol. The van der Waals surface area contributed by atoms with Crippen molar-refractivity contribution in [2.75, 3.05) is 29.4 Å². The van der Waals surface area contributed by atoms with Crippen molar-refractivity contribution in [3.05, 3.63) is 59.7 Å². The van der Waals surface area contributed by atoms with Crippen molar-refractivity contribution in [2.24, 2.45) is 0 Å². The minimum Gasteiger partial charge on any atom is -0.377 e. The fourth-order valence-electron chi connectivity index (χ4n) is 3.17. The van der Waals surface area contributed by atoms with Gasteiger partial charge in [-0.05, 0) is 50.6 Å². The van der Waals surface area contributed by atoms with Crippen LogP contribution in [0.3, 0.4) is 0 Å². The number of benzene rings is 2. The van der Waals surface area contributed by atoms with Gasteiger partial charge in [0.05, 0.1) is 24.5 Å². The first kappa shape index (κ1) is 18.7. The molecule has 5 nitrogen and oxygen atoms in total. The van der Waals surface area contributed by atoms with Crippen molar-refractivity contribution in [3.8, 4) is 0 Å². The lowest BCUT2D eigenvalue weighted by molar-refractivity contribution is 0.0644. The largest absolute Gasteiger partial charge is 0.377 e. The van der Waals surface area contributed by atoms with Crippen molar-refractivity contribution in [1.29, 1.82) is 0 Å². The van der Waals surface area contributed by atoms with E-state index in [1.165, 1.54) is 0 Å². The molecule has 0 atom stereocenters. The number of aryl methyl sites for hydroxylation is 1. The Morgan fingerprint density at radius 2 is 1.73 bits per heavy atom. The molecule has 2 aromatic rings. The Labute approximate surface area is 156 Å². The maximum Gasteiger partial charge on any atom is 0.236 e. The van der Waals surface area contributed by atoms with E-state index in [1.807, 2.05) is 55.5 Å². The lowest BCUT2D eigenvalue weighted by atomic mass is 10.0. The van der Waals surface area contributed by atoms with Crippen molar-refractivity contribution in [2.45, 2.75) is 32.1 Å². The zero-order valence-corrected chi connectivity index (χ0v) is 16.3. The van der Waals surface area contributed by atoms with Crippen molar-refractivity contribution >= 4 is 21.4 Å². The highest BCUT2D eigenvalue weighted by molar-refractivity contribution is 7.91. The molecule has 1 N–H and O–H groups in total. The molecule has 0 saturated carbocycles. The van der Waals surface area contributed by atoms with E-state index >= 15 is 0 Å². The predicted molar refractivity (Wildman–Crippen MR) is 106 cm³/mol. The molecular weight excluding hydrogens is 348 g/mol. The molecule has 2 aromatic carbocycles. The van der Waals surface area contributed by atoms with Crippen LogP contribution in [-0.2, 0) is 20.5 Å². The summed E-state index contributed by atoms with van der Waals surface area (Å²) in [5, 5.41) is 0. The lowest BCUT2D eigenvalue weighted by Crippen LogP contribution is -2.53. The highest BCUT2D eigenvalue weighted by atomic mass is 32.2. The molecule has 3 rings (SSSR count). The van der Waals surface area contributed by atoms with Crippen LogP contribution in [0.5, 0.6) is 0 Å². The van der Waals surface area contributed by atoms with E-state index in [-0.39, 0.29) is 11.3 Å². The van der Waals surface area contributed by atoms with E-state index in [4.69, 9.17) is 4.74 Å². The minimum atomic E-state index is -3.44. The number of hydrogen-bond donors (Lipinski definition) is 1. The monoisotopic (exact) mass is 374 g/mol. The zero-order chi connectivity index (χ0) is 18.8. The van der Waals surface area contributed by atoms with Gasteiger partial charge in [0, 0.05) is 17.9 Å². The van der Waals surface area contributed by atoms with Crippen LogP contribution in [0.4, 0.5) is 11.4 Å². The molecule has 0 radical (unpaired) electrons. The summed E-state index contributed by atoms with van der Waals surface area (Å²) in [4.78, 5) is 2.29. The second-order valence-electron chi connectivity index (χ2n) is 7.41. The summed E-state index contributed by atoms with van der Waals surface area (Å²) in [6.07, 6.45) is 0. The van der Waals surface area contributed by atoms with Crippen LogP contribution < -0.4 is 9.62 Å². The van der Waals surface area contributed by atoms with Gasteiger partial charge in [-0.25, -0.2) is 8.42 Å². The smallest absolute Gasteiger partial charge is 0.236 e. The van der Waals surface area contributed by atoms with Gasteiger partial charge in [0.15, 0.2) is 0 Å². The molecule has 1 aliphatic rings. The van der Waals surface area contributed by atoms with Gasteiger partial charge >= 0.3 is 0 Å². The topological polar surface area (TPSA) is 58.6 Å². The van der Waals surface area contributed by atoms with Crippen LogP contribution in [0.25, 0.3) is 0 Å². The van der Waals surface area contributed by atoms with Crippen LogP contribution in [-0.4, -0.2) is 33.7 Å². The average Bonchev–Trinajstić information content (AvgIpc) is 2.57. The summed E-state index contributed by atoms with van der Waals surface area (Å²) < 4.78 is 33.0. The molecule has 0 aliphatic carbocycles. The molecule has 6 heteroatoms. The molecule has 1 fully saturated rings. The Morgan fingerprint density at radius 3 is 2.35 bits per heavy atom. The molecule has 0 aromatic heterocycles. The molecular formula is C20H26N2O3S. The maximum atomic E-state index is 12.4. The predicted octanol–water partition coefficient (Wildman–Crippen LogP) is 3.55. The summed E-state index contributed by atoms with van der Waals surface area (Å²) in [6.45, 7) is 8.47. The van der Waals surface area contributed by atoms with Gasteiger partial charge in [-0.2, -0.15) is 0 Å². The second-order valence-corrected chi connectivity index (χ2v) is 9.13. The van der Waals surface area contributed by atoms with Gasteiger partial charge in [-0.3, -0.25) is 4.72 Å². The first-order valence-corrected chi connectivity index (χ1v) is 10.4. The quantitative estimate of drug-likeness (QED) is 0.869. The van der Waals surface area contributed by atoms with E-state index in [1.54, 1.807) is 0 Å². The normalized spacial score (nSPS) is 17.1. The van der Waals surface area contributed by atoms with Gasteiger partial charge < -0.3 is 9.64 Å². The summed E-state index contributed by atoms with van der Waals surface area (Å²) in [7, 11) is -3.44. The first-order chi connectivity index (χ1) is 12.3. The fraction of sp³-hybridized carbons (Fsp3) is 0.400. The van der Waals surface area contributed by atoms with E-state index in [9.17, 15) is 8.42 Å². The fourth-order valence-corrected chi connectivity index (χ4v) is 4.36. The van der Waals surface area contributed by atoms with Crippen LogP contribution in [0.1, 0.15) is 25.0 Å². The molecule has 1 heterocycles. The SMILES string of the molecule is Cc1ccc(CS(=O)(=O)Nc2ccc(N3CCOCC3(C)C)cc2)cc1. The van der Waals surface area contributed by atoms with Gasteiger partial charge in [0.1, 0.15) is 0 Å². The van der Waals surface area contributed by atoms with Crippen molar-refractivity contribution in [3.63, 3.8) is 0 Å². The van der Waals surface area contributed by atoms with E-state index in [0.717, 1.165) is 23.4 Å². The molecule has 140 valence electrons. The number of rotatable bonds is 5. The highest BCUT2D eigenvalue weighted by Crippen LogP contribution is 2.28. The molecule has 0 spiro atoms. The number of sulfonamides is 1. The second kappa shape index (κ2) is 7.29. The number of hydrogen-bond acceptors (Lipinski definition) is 4. The molecule has 0 unspecified atom stereocenters. The highest BCUT2D eigenvalue weighted by Gasteiger charge is 2.30. The van der Waals surface area contributed by atoms with Crippen LogP contribution >= 0.6 is 0 Å². The minimum absolute atomic E-state index is 0.0362. The summed E-state index contributed by atoms with van der Waals surface area (Å²) in [5.41, 5.74) is 3.45. The number of morpholine rings is 1. The Balaban J connectivity index is 1.69. The van der Waals surface area contributed by atoms with Crippen LogP contribution in [0.15, 0.2) is 48.5 Å². The number of nitrogens with zero attached hydrogens (tertiary/aromatic N) is 1. The lowest BCUT2D eigenvalue weighted by Gasteiger charge is -2.43. The van der Waals surface area contributed by atoms with Crippen molar-refractivity contribution in [1.82, 2.24) is 0 Å². The van der Waals surface area contributed by atoms with E-state index in [2.05, 4.69) is 23.5 Å². The van der Waals surface area contributed by atoms with Crippen LogP contribution in [0, 0.1) is 6.92 Å². The third-order valence-electron chi connectivity index (χ3n) is 4.57. The number of nitrogens with one attached hydrogen (secondary N) is 1. The van der Waals surface area contributed by atoms with E-state index in [0.29, 0.717) is 18.9 Å². The molecule has 0 bridgehead atoms. The third-order valence-corrected chi connectivity index (χ3v) is 5.83. The number of ether oxygens (including phenoxy) is 1. The molecule has 1 saturated heterocycles. The Morgan fingerprint density at radius 1 is 1.08 bits per heavy atom. The third kappa shape index (κ3) is 4.56. The zero-order valence-electron chi connectivity index (χ0n) is 15.5. The summed E-state index contributed by atoms with van der Waals surface area (Å²) in [6, 6.07) is 15.1. The molecule has 0 amide bonds. The molecule has 1 aliphatic heterocycles. The summed E-state index contributed by atoms with van der Waals surface area (Å²) >= 11 is 0. The number of anilines is 2.